The maximum atomic E-state index is 13.2. The minimum Gasteiger partial charge on any atom is -0.507 e. The molecular weight excluding hydrogens is 460 g/mol. The molecule has 34 heavy (non-hydrogen) atoms. The quantitative estimate of drug-likeness (QED) is 0.327. The monoisotopic (exact) mass is 488 g/mol. The van der Waals surface area contributed by atoms with Crippen molar-refractivity contribution in [1.29, 1.82) is 0 Å². The maximum Gasteiger partial charge on any atom is 0.295 e. The van der Waals surface area contributed by atoms with Crippen LogP contribution in [0.25, 0.3) is 5.76 Å². The Kier molecular flexibility index (Phi) is 8.06. The Morgan fingerprint density at radius 1 is 1.06 bits per heavy atom. The zero-order valence-corrected chi connectivity index (χ0v) is 20.7. The molecule has 1 atom stereocenters. The van der Waals surface area contributed by atoms with Gasteiger partial charge >= 0.3 is 0 Å². The van der Waals surface area contributed by atoms with E-state index in [1.165, 1.54) is 38.4 Å². The van der Waals surface area contributed by atoms with Gasteiger partial charge in [-0.3, -0.25) is 9.59 Å². The first-order valence-electron chi connectivity index (χ1n) is 10.7. The number of Topliss-reactive ketones (excluding diaryl/α,β-unsaturated/α-hetero) is 1. The number of ether oxygens (including phenoxy) is 3. The molecule has 0 bridgehead atoms. The number of hydrogen-bond acceptors (Lipinski definition) is 7. The van der Waals surface area contributed by atoms with Gasteiger partial charge in [-0.25, -0.2) is 0 Å². The van der Waals surface area contributed by atoms with Crippen molar-refractivity contribution in [2.24, 2.45) is 0 Å². The first kappa shape index (κ1) is 25.4. The predicted molar refractivity (Wildman–Crippen MR) is 130 cm³/mol. The summed E-state index contributed by atoms with van der Waals surface area (Å²) in [6.07, 6.45) is 0.651. The number of aliphatic hydroxyl groups excluding tert-OH is 1. The third kappa shape index (κ3) is 4.98. The van der Waals surface area contributed by atoms with E-state index in [2.05, 4.69) is 0 Å². The summed E-state index contributed by atoms with van der Waals surface area (Å²) in [7, 11) is 8.30. The molecule has 1 saturated heterocycles. The Hall–Kier alpha value is -3.23. The summed E-state index contributed by atoms with van der Waals surface area (Å²) in [5.74, 6) is -0.648. The largest absolute Gasteiger partial charge is 0.507 e. The van der Waals surface area contributed by atoms with Crippen LogP contribution >= 0.6 is 11.6 Å². The molecule has 1 amide bonds. The first-order chi connectivity index (χ1) is 16.2. The van der Waals surface area contributed by atoms with Crippen LogP contribution in [0.1, 0.15) is 23.6 Å². The molecule has 3 rings (SSSR count). The van der Waals surface area contributed by atoms with E-state index < -0.39 is 17.7 Å². The number of rotatable bonds is 9. The molecule has 0 spiro atoms. The molecule has 1 fully saturated rings. The zero-order valence-electron chi connectivity index (χ0n) is 19.9. The summed E-state index contributed by atoms with van der Waals surface area (Å²) < 4.78 is 16.0. The van der Waals surface area contributed by atoms with Gasteiger partial charge in [0.15, 0.2) is 0 Å². The van der Waals surface area contributed by atoms with Crippen LogP contribution in [-0.2, 0) is 9.59 Å². The number of benzene rings is 2. The Morgan fingerprint density at radius 2 is 1.76 bits per heavy atom. The fourth-order valence-corrected chi connectivity index (χ4v) is 4.26. The van der Waals surface area contributed by atoms with Crippen LogP contribution in [0.5, 0.6) is 17.2 Å². The molecular formula is C25H29ClN2O6. The Balaban J connectivity index is 2.20. The lowest BCUT2D eigenvalue weighted by molar-refractivity contribution is -0.139. The second-order valence-corrected chi connectivity index (χ2v) is 8.52. The highest BCUT2D eigenvalue weighted by atomic mass is 35.5. The van der Waals surface area contributed by atoms with Crippen LogP contribution in [0.2, 0.25) is 5.02 Å². The number of methoxy groups -OCH3 is 3. The molecule has 0 radical (unpaired) electrons. The van der Waals surface area contributed by atoms with E-state index >= 15 is 0 Å². The van der Waals surface area contributed by atoms with Crippen LogP contribution in [0.15, 0.2) is 42.0 Å². The standard InChI is InChI=1S/C25H29ClN2O6/c1-27(2)10-7-11-28-22(15-8-6-9-16(12-15)32-3)21(24(30)25(28)31)23(29)17-13-18(26)20(34-5)14-19(17)33-4/h6,8-9,12-14,22,29H,7,10-11H2,1-5H3/b23-21+. The van der Waals surface area contributed by atoms with Crippen molar-refractivity contribution in [3.63, 3.8) is 0 Å². The van der Waals surface area contributed by atoms with E-state index in [9.17, 15) is 14.7 Å². The van der Waals surface area contributed by atoms with Crippen molar-refractivity contribution < 1.29 is 28.9 Å². The van der Waals surface area contributed by atoms with E-state index in [0.29, 0.717) is 30.0 Å². The molecule has 8 nitrogen and oxygen atoms in total. The lowest BCUT2D eigenvalue weighted by Gasteiger charge is -2.26. The highest BCUT2D eigenvalue weighted by Crippen LogP contribution is 2.43. The van der Waals surface area contributed by atoms with Crippen molar-refractivity contribution in [1.82, 2.24) is 9.80 Å². The van der Waals surface area contributed by atoms with Gasteiger partial charge in [0.1, 0.15) is 23.0 Å². The normalized spacial score (nSPS) is 17.4. The third-order valence-electron chi connectivity index (χ3n) is 5.68. The lowest BCUT2D eigenvalue weighted by Crippen LogP contribution is -2.32. The van der Waals surface area contributed by atoms with Crippen molar-refractivity contribution >= 4 is 29.1 Å². The molecule has 0 aromatic heterocycles. The summed E-state index contributed by atoms with van der Waals surface area (Å²) in [6.45, 7) is 1.07. The van der Waals surface area contributed by atoms with Crippen molar-refractivity contribution in [3.05, 3.63) is 58.1 Å². The van der Waals surface area contributed by atoms with Crippen LogP contribution in [0.3, 0.4) is 0 Å². The van der Waals surface area contributed by atoms with Gasteiger partial charge < -0.3 is 29.1 Å². The molecule has 1 aliphatic heterocycles. The van der Waals surface area contributed by atoms with Crippen LogP contribution < -0.4 is 14.2 Å². The topological polar surface area (TPSA) is 88.5 Å². The third-order valence-corrected chi connectivity index (χ3v) is 5.98. The number of ketones is 1. The summed E-state index contributed by atoms with van der Waals surface area (Å²) >= 11 is 6.30. The van der Waals surface area contributed by atoms with Crippen LogP contribution in [0, 0.1) is 0 Å². The number of carbonyl (C=O) groups excluding carboxylic acids is 2. The van der Waals surface area contributed by atoms with E-state index in [1.54, 1.807) is 24.3 Å². The van der Waals surface area contributed by atoms with Gasteiger partial charge in [0, 0.05) is 12.6 Å². The van der Waals surface area contributed by atoms with Gasteiger partial charge in [0.05, 0.1) is 43.5 Å². The number of likely N-dealkylation sites (tertiary alicyclic amines) is 1. The highest BCUT2D eigenvalue weighted by molar-refractivity contribution is 6.46. The highest BCUT2D eigenvalue weighted by Gasteiger charge is 2.46. The van der Waals surface area contributed by atoms with Crippen molar-refractivity contribution in [3.8, 4) is 17.2 Å². The molecule has 0 saturated carbocycles. The summed E-state index contributed by atoms with van der Waals surface area (Å²) in [4.78, 5) is 29.8. The molecule has 0 aliphatic carbocycles. The summed E-state index contributed by atoms with van der Waals surface area (Å²) in [5, 5.41) is 11.6. The molecule has 2 aromatic rings. The number of hydrogen-bond donors (Lipinski definition) is 1. The SMILES string of the molecule is COc1cccc(C2/C(=C(\O)c3cc(Cl)c(OC)cc3OC)C(=O)C(=O)N2CCCN(C)C)c1. The van der Waals surface area contributed by atoms with Gasteiger partial charge in [-0.05, 0) is 50.8 Å². The second kappa shape index (κ2) is 10.8. The van der Waals surface area contributed by atoms with Crippen molar-refractivity contribution in [2.45, 2.75) is 12.5 Å². The van der Waals surface area contributed by atoms with Gasteiger partial charge in [-0.1, -0.05) is 23.7 Å². The minimum atomic E-state index is -0.803. The smallest absolute Gasteiger partial charge is 0.295 e. The van der Waals surface area contributed by atoms with Gasteiger partial charge in [0.25, 0.3) is 11.7 Å². The Labute approximate surface area is 204 Å². The van der Waals surface area contributed by atoms with E-state index in [-0.39, 0.29) is 27.7 Å². The van der Waals surface area contributed by atoms with E-state index in [4.69, 9.17) is 25.8 Å². The van der Waals surface area contributed by atoms with Crippen LogP contribution in [-0.4, -0.2) is 75.1 Å². The van der Waals surface area contributed by atoms with E-state index in [0.717, 1.165) is 6.54 Å². The molecule has 1 unspecified atom stereocenters. The lowest BCUT2D eigenvalue weighted by atomic mass is 9.94. The number of aliphatic hydroxyl groups is 1. The predicted octanol–water partition coefficient (Wildman–Crippen LogP) is 3.74. The maximum absolute atomic E-state index is 13.2. The van der Waals surface area contributed by atoms with Gasteiger partial charge in [0.2, 0.25) is 0 Å². The fourth-order valence-electron chi connectivity index (χ4n) is 4.02. The van der Waals surface area contributed by atoms with Crippen molar-refractivity contribution in [2.75, 3.05) is 48.5 Å². The molecule has 182 valence electrons. The van der Waals surface area contributed by atoms with Gasteiger partial charge in [-0.15, -0.1) is 0 Å². The second-order valence-electron chi connectivity index (χ2n) is 8.11. The average Bonchev–Trinajstić information content (AvgIpc) is 3.08. The van der Waals surface area contributed by atoms with E-state index in [1.807, 2.05) is 19.0 Å². The fraction of sp³-hybridized carbons (Fsp3) is 0.360. The number of amides is 1. The first-order valence-corrected chi connectivity index (χ1v) is 11.1. The molecule has 9 heteroatoms. The molecule has 1 heterocycles. The van der Waals surface area contributed by atoms with Crippen LogP contribution in [0.4, 0.5) is 0 Å². The molecule has 1 aliphatic rings. The Morgan fingerprint density at radius 3 is 2.38 bits per heavy atom. The summed E-state index contributed by atoms with van der Waals surface area (Å²) in [6, 6.07) is 9.27. The Bertz CT molecular complexity index is 1110. The number of carbonyl (C=O) groups is 2. The number of halogens is 1. The van der Waals surface area contributed by atoms with Gasteiger partial charge in [-0.2, -0.15) is 0 Å². The zero-order chi connectivity index (χ0) is 25.0. The average molecular weight is 489 g/mol. The minimum absolute atomic E-state index is 0.0392. The number of nitrogens with zero attached hydrogens (tertiary/aromatic N) is 2. The molecule has 1 N–H and O–H groups in total. The molecule has 2 aromatic carbocycles. The summed E-state index contributed by atoms with van der Waals surface area (Å²) in [5.41, 5.74) is 0.790.